The molecule has 1 saturated heterocycles. The topological polar surface area (TPSA) is 67.2 Å². The average Bonchev–Trinajstić information content (AvgIpc) is 2.85. The third kappa shape index (κ3) is 3.60. The van der Waals surface area contributed by atoms with Gasteiger partial charge in [-0.3, -0.25) is 4.79 Å². The molecule has 2 rings (SSSR count). The summed E-state index contributed by atoms with van der Waals surface area (Å²) < 4.78 is 0.272. The Morgan fingerprint density at radius 2 is 2.30 bits per heavy atom. The van der Waals surface area contributed by atoms with Gasteiger partial charge in [-0.15, -0.1) is 0 Å². The smallest absolute Gasteiger partial charge is 0.251 e. The van der Waals surface area contributed by atoms with E-state index in [2.05, 4.69) is 17.6 Å². The minimum absolute atomic E-state index is 0.0583. The number of carbonyl (C=O) groups excluding carboxylic acids is 1. The Balaban J connectivity index is 2.06. The second-order valence-corrected chi connectivity index (χ2v) is 7.10. The first-order valence-electron chi connectivity index (χ1n) is 7.09. The second kappa shape index (κ2) is 6.39. The molecule has 20 heavy (non-hydrogen) atoms. The van der Waals surface area contributed by atoms with E-state index in [0.717, 1.165) is 12.2 Å². The van der Waals surface area contributed by atoms with Gasteiger partial charge >= 0.3 is 0 Å². The summed E-state index contributed by atoms with van der Waals surface area (Å²) in [6, 6.07) is 5.39. The Labute approximate surface area is 124 Å². The number of carbonyl (C=O) groups is 1. The fraction of sp³-hybridized carbons (Fsp3) is 0.533. The highest BCUT2D eigenvalue weighted by atomic mass is 32.2. The van der Waals surface area contributed by atoms with Crippen LogP contribution >= 0.6 is 11.8 Å². The monoisotopic (exact) mass is 293 g/mol. The zero-order valence-electron chi connectivity index (χ0n) is 12.2. The molecule has 0 aliphatic carbocycles. The first-order valence-corrected chi connectivity index (χ1v) is 8.08. The van der Waals surface area contributed by atoms with Crippen LogP contribution < -0.4 is 16.4 Å². The van der Waals surface area contributed by atoms with Gasteiger partial charge in [0.2, 0.25) is 0 Å². The van der Waals surface area contributed by atoms with Crippen LogP contribution in [0.15, 0.2) is 18.2 Å². The highest BCUT2D eigenvalue weighted by Crippen LogP contribution is 2.38. The predicted molar refractivity (Wildman–Crippen MR) is 87.4 cm³/mol. The van der Waals surface area contributed by atoms with Gasteiger partial charge in [0.05, 0.1) is 11.4 Å². The summed E-state index contributed by atoms with van der Waals surface area (Å²) >= 11 is 2.01. The van der Waals surface area contributed by atoms with Gasteiger partial charge in [0.15, 0.2) is 0 Å². The lowest BCUT2D eigenvalue weighted by Gasteiger charge is -2.24. The Morgan fingerprint density at radius 1 is 1.50 bits per heavy atom. The van der Waals surface area contributed by atoms with E-state index in [4.69, 9.17) is 5.73 Å². The number of rotatable bonds is 5. The summed E-state index contributed by atoms with van der Waals surface area (Å²) in [4.78, 5) is 11.8. The van der Waals surface area contributed by atoms with Crippen molar-refractivity contribution >= 4 is 29.0 Å². The molecule has 0 spiro atoms. The van der Waals surface area contributed by atoms with Gasteiger partial charge in [-0.05, 0) is 50.6 Å². The number of hydrogen-bond donors (Lipinski definition) is 3. The minimum atomic E-state index is -0.0583. The Hall–Kier alpha value is -1.36. The van der Waals surface area contributed by atoms with Crippen LogP contribution in [0.3, 0.4) is 0 Å². The Morgan fingerprint density at radius 3 is 2.95 bits per heavy atom. The van der Waals surface area contributed by atoms with Crippen molar-refractivity contribution in [2.45, 2.75) is 31.4 Å². The quantitative estimate of drug-likeness (QED) is 0.730. The zero-order valence-corrected chi connectivity index (χ0v) is 13.0. The maximum Gasteiger partial charge on any atom is 0.251 e. The number of nitrogens with one attached hydrogen (secondary N) is 2. The van der Waals surface area contributed by atoms with Crippen LogP contribution in [-0.2, 0) is 0 Å². The molecule has 1 aromatic rings. The maximum atomic E-state index is 11.8. The third-order valence-corrected chi connectivity index (χ3v) is 5.14. The van der Waals surface area contributed by atoms with Crippen molar-refractivity contribution in [2.24, 2.45) is 0 Å². The molecule has 0 saturated carbocycles. The van der Waals surface area contributed by atoms with E-state index in [1.165, 1.54) is 18.6 Å². The predicted octanol–water partition coefficient (Wildman–Crippen LogP) is 2.72. The van der Waals surface area contributed by atoms with E-state index in [0.29, 0.717) is 17.8 Å². The number of anilines is 2. The standard InChI is InChI=1S/C15H23N3OS/c1-3-17-14(19)11-5-6-12(16)13(9-11)18-10-15(2)7-4-8-20-15/h5-6,9,18H,3-4,7-8,10,16H2,1-2H3,(H,17,19). The molecule has 1 unspecified atom stereocenters. The zero-order chi connectivity index (χ0) is 14.6. The number of benzene rings is 1. The molecular formula is C15H23N3OS. The molecule has 1 amide bonds. The first-order chi connectivity index (χ1) is 9.54. The van der Waals surface area contributed by atoms with Gasteiger partial charge in [0.25, 0.3) is 5.91 Å². The molecule has 0 bridgehead atoms. The number of thioether (sulfide) groups is 1. The van der Waals surface area contributed by atoms with Crippen molar-refractivity contribution in [3.8, 4) is 0 Å². The summed E-state index contributed by atoms with van der Waals surface area (Å²) in [7, 11) is 0. The molecule has 1 atom stereocenters. The number of hydrogen-bond acceptors (Lipinski definition) is 4. The summed E-state index contributed by atoms with van der Waals surface area (Å²) in [5, 5.41) is 6.21. The summed E-state index contributed by atoms with van der Waals surface area (Å²) in [6.45, 7) is 5.69. The largest absolute Gasteiger partial charge is 0.397 e. The lowest BCUT2D eigenvalue weighted by atomic mass is 10.1. The molecule has 4 nitrogen and oxygen atoms in total. The van der Waals surface area contributed by atoms with Crippen LogP contribution in [0.2, 0.25) is 0 Å². The molecule has 1 fully saturated rings. The summed E-state index contributed by atoms with van der Waals surface area (Å²) in [5.74, 6) is 1.17. The number of nitrogens with two attached hydrogens (primary N) is 1. The fourth-order valence-electron chi connectivity index (χ4n) is 2.37. The van der Waals surface area contributed by atoms with Gasteiger partial charge in [-0.1, -0.05) is 0 Å². The van der Waals surface area contributed by atoms with Crippen molar-refractivity contribution in [2.75, 3.05) is 29.9 Å². The van der Waals surface area contributed by atoms with Gasteiger partial charge < -0.3 is 16.4 Å². The second-order valence-electron chi connectivity index (χ2n) is 5.42. The molecule has 1 heterocycles. The first kappa shape index (κ1) is 15.0. The van der Waals surface area contributed by atoms with Gasteiger partial charge in [0, 0.05) is 23.4 Å². The van der Waals surface area contributed by atoms with Crippen molar-refractivity contribution in [3.05, 3.63) is 23.8 Å². The van der Waals surface area contributed by atoms with Crippen LogP contribution in [0.25, 0.3) is 0 Å². The maximum absolute atomic E-state index is 11.8. The van der Waals surface area contributed by atoms with Crippen LogP contribution in [-0.4, -0.2) is 29.5 Å². The van der Waals surface area contributed by atoms with Gasteiger partial charge in [0.1, 0.15) is 0 Å². The van der Waals surface area contributed by atoms with Gasteiger partial charge in [-0.2, -0.15) is 11.8 Å². The normalized spacial score (nSPS) is 21.7. The lowest BCUT2D eigenvalue weighted by Crippen LogP contribution is -2.27. The van der Waals surface area contributed by atoms with E-state index >= 15 is 0 Å². The van der Waals surface area contributed by atoms with E-state index < -0.39 is 0 Å². The van der Waals surface area contributed by atoms with Crippen LogP contribution in [0.1, 0.15) is 37.0 Å². The summed E-state index contributed by atoms with van der Waals surface area (Å²) in [6.07, 6.45) is 2.50. The molecule has 1 aromatic carbocycles. The molecule has 0 aromatic heterocycles. The molecule has 1 aliphatic heterocycles. The third-order valence-electron chi connectivity index (χ3n) is 3.61. The van der Waals surface area contributed by atoms with Crippen LogP contribution in [0.4, 0.5) is 11.4 Å². The Bertz CT molecular complexity index is 484. The number of nitrogen functional groups attached to an aromatic ring is 1. The molecule has 110 valence electrons. The molecular weight excluding hydrogens is 270 g/mol. The number of amides is 1. The van der Waals surface area contributed by atoms with Crippen molar-refractivity contribution in [3.63, 3.8) is 0 Å². The Kier molecular flexibility index (Phi) is 4.81. The highest BCUT2D eigenvalue weighted by molar-refractivity contribution is 8.00. The van der Waals surface area contributed by atoms with E-state index in [-0.39, 0.29) is 10.7 Å². The van der Waals surface area contributed by atoms with Crippen molar-refractivity contribution in [1.82, 2.24) is 5.32 Å². The minimum Gasteiger partial charge on any atom is -0.397 e. The molecule has 0 radical (unpaired) electrons. The van der Waals surface area contributed by atoms with Gasteiger partial charge in [-0.25, -0.2) is 0 Å². The fourth-order valence-corrected chi connectivity index (χ4v) is 3.62. The lowest BCUT2D eigenvalue weighted by molar-refractivity contribution is 0.0956. The van der Waals surface area contributed by atoms with Crippen molar-refractivity contribution < 1.29 is 4.79 Å². The molecule has 4 N–H and O–H groups in total. The van der Waals surface area contributed by atoms with E-state index in [1.807, 2.05) is 24.8 Å². The molecule has 5 heteroatoms. The van der Waals surface area contributed by atoms with Crippen LogP contribution in [0, 0.1) is 0 Å². The molecule has 1 aliphatic rings. The van der Waals surface area contributed by atoms with E-state index in [1.54, 1.807) is 12.1 Å². The highest BCUT2D eigenvalue weighted by Gasteiger charge is 2.29. The van der Waals surface area contributed by atoms with E-state index in [9.17, 15) is 4.79 Å². The average molecular weight is 293 g/mol. The van der Waals surface area contributed by atoms with Crippen LogP contribution in [0.5, 0.6) is 0 Å². The SMILES string of the molecule is CCNC(=O)c1ccc(N)c(NCC2(C)CCCS2)c1. The van der Waals surface area contributed by atoms with Crippen molar-refractivity contribution in [1.29, 1.82) is 0 Å². The summed E-state index contributed by atoms with van der Waals surface area (Å²) in [5.41, 5.74) is 8.17.